The molecule has 2 bridgehead atoms. The lowest BCUT2D eigenvalue weighted by Gasteiger charge is -2.45. The van der Waals surface area contributed by atoms with E-state index in [1.807, 2.05) is 30.3 Å². The summed E-state index contributed by atoms with van der Waals surface area (Å²) in [5.41, 5.74) is 7.02. The number of urea groups is 1. The van der Waals surface area contributed by atoms with Crippen LogP contribution in [-0.4, -0.2) is 17.1 Å². The molecule has 0 radical (unpaired) electrons. The van der Waals surface area contributed by atoms with Crippen LogP contribution in [0.1, 0.15) is 46.1 Å². The van der Waals surface area contributed by atoms with Crippen LogP contribution in [0.15, 0.2) is 83.7 Å². The summed E-state index contributed by atoms with van der Waals surface area (Å²) in [6.07, 6.45) is 1.03. The molecule has 1 aromatic heterocycles. The molecule has 0 fully saturated rings. The van der Waals surface area contributed by atoms with Gasteiger partial charge < -0.3 is 15.2 Å². The van der Waals surface area contributed by atoms with Gasteiger partial charge in [-0.05, 0) is 52.1 Å². The Hall–Kier alpha value is -3.86. The first kappa shape index (κ1) is 20.7. The summed E-state index contributed by atoms with van der Waals surface area (Å²) in [6, 6.07) is 26.9. The van der Waals surface area contributed by atoms with Crippen LogP contribution in [0.5, 0.6) is 0 Å². The Bertz CT molecular complexity index is 1420. The van der Waals surface area contributed by atoms with E-state index in [0.717, 1.165) is 17.3 Å². The fourth-order valence-corrected chi connectivity index (χ4v) is 6.04. The van der Waals surface area contributed by atoms with Gasteiger partial charge in [-0.15, -0.1) is 0 Å². The highest BCUT2D eigenvalue weighted by molar-refractivity contribution is 5.80. The molecule has 7 rings (SSSR count). The first-order valence-corrected chi connectivity index (χ1v) is 11.9. The summed E-state index contributed by atoms with van der Waals surface area (Å²) >= 11 is 0. The molecule has 2 N–H and O–H groups in total. The molecule has 5 heteroatoms. The zero-order valence-corrected chi connectivity index (χ0v) is 19.1. The number of nitrogens with one attached hydrogen (secondary N) is 2. The third kappa shape index (κ3) is 3.31. The molecular formula is C29H27N3O2. The van der Waals surface area contributed by atoms with Crippen LogP contribution in [-0.2, 0) is 13.6 Å². The Morgan fingerprint density at radius 1 is 0.882 bits per heavy atom. The lowest BCUT2D eigenvalue weighted by molar-refractivity contribution is 0.235. The fraction of sp³-hybridized carbons (Fsp3) is 0.241. The maximum atomic E-state index is 12.7. The number of pyridine rings is 1. The van der Waals surface area contributed by atoms with Gasteiger partial charge >= 0.3 is 6.03 Å². The average Bonchev–Trinajstić information content (AvgIpc) is 2.89. The number of rotatable bonds is 4. The van der Waals surface area contributed by atoms with Gasteiger partial charge in [-0.25, -0.2) is 4.79 Å². The van der Waals surface area contributed by atoms with Crippen LogP contribution in [0.4, 0.5) is 4.79 Å². The van der Waals surface area contributed by atoms with Gasteiger partial charge in [-0.3, -0.25) is 4.79 Å². The van der Waals surface area contributed by atoms with Crippen molar-refractivity contribution >= 4 is 16.9 Å². The molecule has 170 valence electrons. The number of benzene rings is 3. The summed E-state index contributed by atoms with van der Waals surface area (Å²) in [5.74, 6) is 1.02. The molecule has 1 atom stereocenters. The van der Waals surface area contributed by atoms with Gasteiger partial charge in [0.25, 0.3) is 5.56 Å². The molecule has 4 aromatic rings. The number of para-hydroxylation sites is 1. The molecular weight excluding hydrogens is 422 g/mol. The van der Waals surface area contributed by atoms with Crippen molar-refractivity contribution in [1.29, 1.82) is 0 Å². The highest BCUT2D eigenvalue weighted by Gasteiger charge is 2.42. The summed E-state index contributed by atoms with van der Waals surface area (Å²) in [4.78, 5) is 25.4. The van der Waals surface area contributed by atoms with E-state index in [2.05, 4.69) is 59.2 Å². The second kappa shape index (κ2) is 8.17. The third-order valence-corrected chi connectivity index (χ3v) is 7.59. The van der Waals surface area contributed by atoms with E-state index in [0.29, 0.717) is 29.9 Å². The van der Waals surface area contributed by atoms with Crippen LogP contribution >= 0.6 is 0 Å². The van der Waals surface area contributed by atoms with Crippen LogP contribution in [0.25, 0.3) is 10.9 Å². The minimum atomic E-state index is -0.238. The van der Waals surface area contributed by atoms with Gasteiger partial charge in [0, 0.05) is 37.5 Å². The van der Waals surface area contributed by atoms with Crippen molar-refractivity contribution in [3.05, 3.63) is 117 Å². The molecule has 0 aliphatic heterocycles. The van der Waals surface area contributed by atoms with Crippen LogP contribution in [0.3, 0.4) is 0 Å². The van der Waals surface area contributed by atoms with Crippen LogP contribution in [0.2, 0.25) is 0 Å². The predicted octanol–water partition coefficient (Wildman–Crippen LogP) is 4.64. The predicted molar refractivity (Wildman–Crippen MR) is 134 cm³/mol. The van der Waals surface area contributed by atoms with Crippen molar-refractivity contribution in [2.24, 2.45) is 13.0 Å². The summed E-state index contributed by atoms with van der Waals surface area (Å²) in [5, 5.41) is 6.96. The first-order chi connectivity index (χ1) is 16.6. The van der Waals surface area contributed by atoms with Gasteiger partial charge in [-0.1, -0.05) is 66.7 Å². The summed E-state index contributed by atoms with van der Waals surface area (Å²) in [6.45, 7) is 0.803. The Labute approximate surface area is 198 Å². The topological polar surface area (TPSA) is 63.1 Å². The van der Waals surface area contributed by atoms with Crippen molar-refractivity contribution in [3.8, 4) is 0 Å². The van der Waals surface area contributed by atoms with Gasteiger partial charge in [0.05, 0.1) is 5.52 Å². The molecule has 3 aliphatic carbocycles. The number of amides is 2. The number of nitrogens with zero attached hydrogens (tertiary/aromatic N) is 1. The van der Waals surface area contributed by atoms with Crippen molar-refractivity contribution in [3.63, 3.8) is 0 Å². The van der Waals surface area contributed by atoms with Crippen molar-refractivity contribution in [1.82, 2.24) is 15.2 Å². The van der Waals surface area contributed by atoms with Crippen molar-refractivity contribution in [2.75, 3.05) is 6.54 Å². The molecule has 3 aromatic carbocycles. The van der Waals surface area contributed by atoms with Crippen molar-refractivity contribution in [2.45, 2.75) is 24.8 Å². The highest BCUT2D eigenvalue weighted by Crippen LogP contribution is 2.55. The van der Waals surface area contributed by atoms with E-state index in [1.165, 1.54) is 22.3 Å². The number of carbonyl (C=O) groups excluding carboxylic acids is 1. The highest BCUT2D eigenvalue weighted by atomic mass is 16.2. The van der Waals surface area contributed by atoms with E-state index in [-0.39, 0.29) is 18.1 Å². The Morgan fingerprint density at radius 2 is 1.50 bits per heavy atom. The minimum absolute atomic E-state index is 0.0863. The van der Waals surface area contributed by atoms with Crippen LogP contribution < -0.4 is 16.2 Å². The molecule has 2 amide bonds. The lowest BCUT2D eigenvalue weighted by atomic mass is 9.59. The molecule has 1 heterocycles. The number of carbonyl (C=O) groups is 1. The van der Waals surface area contributed by atoms with E-state index >= 15 is 0 Å². The molecule has 0 saturated carbocycles. The normalized spacial score (nSPS) is 20.0. The second-order valence-electron chi connectivity index (χ2n) is 9.44. The fourth-order valence-electron chi connectivity index (χ4n) is 6.04. The van der Waals surface area contributed by atoms with Gasteiger partial charge in [0.2, 0.25) is 0 Å². The molecule has 3 aliphatic rings. The average molecular weight is 450 g/mol. The lowest BCUT2D eigenvalue weighted by Crippen LogP contribution is -2.43. The SMILES string of the molecule is Cn1c(=O)c(CNC(=O)NCC2CC3c4ccccc4C2c2ccccc23)cc2ccccc21. The van der Waals surface area contributed by atoms with E-state index in [1.54, 1.807) is 11.6 Å². The second-order valence-corrected chi connectivity index (χ2v) is 9.44. The third-order valence-electron chi connectivity index (χ3n) is 7.59. The zero-order valence-electron chi connectivity index (χ0n) is 19.1. The minimum Gasteiger partial charge on any atom is -0.338 e. The number of hydrogen-bond donors (Lipinski definition) is 2. The number of aryl methyl sites for hydroxylation is 1. The van der Waals surface area contributed by atoms with Crippen LogP contribution in [0, 0.1) is 5.92 Å². The Kier molecular flexibility index (Phi) is 4.98. The summed E-state index contributed by atoms with van der Waals surface area (Å²) < 4.78 is 1.64. The molecule has 34 heavy (non-hydrogen) atoms. The molecule has 0 spiro atoms. The number of aromatic nitrogens is 1. The quantitative estimate of drug-likeness (QED) is 0.477. The van der Waals surface area contributed by atoms with E-state index in [9.17, 15) is 9.59 Å². The molecule has 0 saturated heterocycles. The van der Waals surface area contributed by atoms with E-state index < -0.39 is 0 Å². The van der Waals surface area contributed by atoms with Gasteiger partial charge in [-0.2, -0.15) is 0 Å². The Morgan fingerprint density at radius 3 is 2.21 bits per heavy atom. The maximum Gasteiger partial charge on any atom is 0.315 e. The molecule has 1 unspecified atom stereocenters. The van der Waals surface area contributed by atoms with Gasteiger partial charge in [0.15, 0.2) is 0 Å². The monoisotopic (exact) mass is 449 g/mol. The first-order valence-electron chi connectivity index (χ1n) is 11.9. The number of hydrogen-bond acceptors (Lipinski definition) is 2. The summed E-state index contributed by atoms with van der Waals surface area (Å²) in [7, 11) is 1.77. The van der Waals surface area contributed by atoms with Crippen molar-refractivity contribution < 1.29 is 4.79 Å². The zero-order chi connectivity index (χ0) is 23.2. The molecule has 5 nitrogen and oxygen atoms in total. The largest absolute Gasteiger partial charge is 0.338 e. The standard InChI is InChI=1S/C29H27N3O2/c1-32-26-13-7-2-8-18(26)14-20(28(32)33)17-31-29(34)30-16-19-15-25-21-9-3-5-11-23(21)27(19)24-12-6-4-10-22(24)25/h2-14,19,25,27H,15-17H2,1H3,(H2,30,31,34). The maximum absolute atomic E-state index is 12.7. The van der Waals surface area contributed by atoms with E-state index in [4.69, 9.17) is 0 Å². The smallest absolute Gasteiger partial charge is 0.315 e. The van der Waals surface area contributed by atoms with Gasteiger partial charge in [0.1, 0.15) is 0 Å². The number of fused-ring (bicyclic) bond motifs is 2. The Balaban J connectivity index is 1.16.